The van der Waals surface area contributed by atoms with Crippen LogP contribution < -0.4 is 9.97 Å². The van der Waals surface area contributed by atoms with Gasteiger partial charge in [0.2, 0.25) is 0 Å². The molecule has 0 amide bonds. The molecule has 8 heterocycles. The van der Waals surface area contributed by atoms with Crippen LogP contribution in [0.5, 0.6) is 0 Å². The summed E-state index contributed by atoms with van der Waals surface area (Å²) in [7, 11) is 7.72. The fourth-order valence-corrected chi connectivity index (χ4v) is 6.21. The fraction of sp³-hybridized carbons (Fsp3) is 0.111. The Morgan fingerprint density at radius 2 is 1.02 bits per heavy atom. The number of hydrogen-bond acceptors (Lipinski definition) is 6. The Balaban J connectivity index is 0.000000151. The van der Waals surface area contributed by atoms with E-state index >= 15 is 0 Å². The summed E-state index contributed by atoms with van der Waals surface area (Å²) < 4.78 is 19.2. The van der Waals surface area contributed by atoms with Crippen LogP contribution in [0.1, 0.15) is 0 Å². The third-order valence-corrected chi connectivity index (χ3v) is 8.50. The molecule has 2 aromatic carbocycles. The van der Waals surface area contributed by atoms with Crippen LogP contribution in [0.3, 0.4) is 0 Å². The molecule has 14 heteroatoms. The largest absolute Gasteiger partial charge is 2.00 e. The van der Waals surface area contributed by atoms with E-state index < -0.39 is 0 Å². The van der Waals surface area contributed by atoms with Gasteiger partial charge >= 0.3 is 42.1 Å². The molecule has 0 atom stereocenters. The smallest absolute Gasteiger partial charge is 0.654 e. The van der Waals surface area contributed by atoms with Crippen molar-refractivity contribution in [3.63, 3.8) is 0 Å². The summed E-state index contributed by atoms with van der Waals surface area (Å²) in [6.45, 7) is 0. The van der Waals surface area contributed by atoms with Gasteiger partial charge in [-0.05, 0) is 14.1 Å². The van der Waals surface area contributed by atoms with Gasteiger partial charge in [0, 0.05) is 73.4 Å². The van der Waals surface area contributed by atoms with Crippen molar-refractivity contribution in [1.82, 2.24) is 48.2 Å². The number of fused-ring (bicyclic) bond motifs is 6. The minimum atomic E-state index is 0. The molecule has 0 unspecified atom stereocenters. The third-order valence-electron chi connectivity index (χ3n) is 8.50. The van der Waals surface area contributed by atoms with Crippen molar-refractivity contribution < 1.29 is 51.0 Å². The molecular weight excluding hydrogens is 995 g/mol. The van der Waals surface area contributed by atoms with Gasteiger partial charge in [0.1, 0.15) is 35.3 Å². The maximum atomic E-state index is 5.83. The number of furan rings is 2. The Morgan fingerprint density at radius 1 is 0.580 bits per heavy atom. The van der Waals surface area contributed by atoms with Gasteiger partial charge in [-0.1, -0.05) is 69.9 Å². The number of imidazole rings is 4. The summed E-state index contributed by atoms with van der Waals surface area (Å²) in [4.78, 5) is 27.2. The molecule has 10 aromatic rings. The number of nitrogens with zero attached hydrogens (tertiary/aromatic N) is 10. The maximum Gasteiger partial charge on any atom is 2.00 e. The molecule has 0 N–H and O–H groups in total. The van der Waals surface area contributed by atoms with Gasteiger partial charge in [-0.15, -0.1) is 23.4 Å². The summed E-state index contributed by atoms with van der Waals surface area (Å²) in [5.41, 5.74) is 10.4. The standard InChI is InChI=1S/2C18H13N5O.2Pt/c2*1-22-8-14(20-10-22)11-4-3-5-12-15(11)21-16-13(9-24-17(12)16)18-19-6-7-23(18)2;;/h2*3-9H,1-2H3;;/q2*-2;2*+2. The molecule has 252 valence electrons. The number of benzene rings is 2. The first-order chi connectivity index (χ1) is 23.4. The molecule has 0 aliphatic carbocycles. The van der Waals surface area contributed by atoms with E-state index in [9.17, 15) is 0 Å². The quantitative estimate of drug-likeness (QED) is 0.189. The first-order valence-corrected chi connectivity index (χ1v) is 15.2. The molecule has 0 aliphatic heterocycles. The average molecular weight is 1020 g/mol. The minimum absolute atomic E-state index is 0. The van der Waals surface area contributed by atoms with Crippen LogP contribution >= 0.6 is 0 Å². The number of para-hydroxylation sites is 2. The Morgan fingerprint density at radius 3 is 1.38 bits per heavy atom. The summed E-state index contributed by atoms with van der Waals surface area (Å²) in [5.74, 6) is 1.67. The molecule has 0 radical (unpaired) electrons. The Bertz CT molecular complexity index is 2570. The van der Waals surface area contributed by atoms with Gasteiger partial charge < -0.3 is 47.0 Å². The van der Waals surface area contributed by atoms with Crippen LogP contribution in [0.4, 0.5) is 0 Å². The molecular formula is C36H26N10O2Pt2. The van der Waals surface area contributed by atoms with Gasteiger partial charge in [-0.3, -0.25) is 0 Å². The van der Waals surface area contributed by atoms with Crippen LogP contribution in [0.2, 0.25) is 0 Å². The van der Waals surface area contributed by atoms with E-state index in [1.54, 1.807) is 34.1 Å². The van der Waals surface area contributed by atoms with Crippen molar-refractivity contribution in [2.75, 3.05) is 0 Å². The van der Waals surface area contributed by atoms with Crippen molar-refractivity contribution in [2.24, 2.45) is 28.2 Å². The zero-order chi connectivity index (χ0) is 32.5. The zero-order valence-electron chi connectivity index (χ0n) is 27.0. The van der Waals surface area contributed by atoms with Crippen LogP contribution in [-0.4, -0.2) is 38.2 Å². The Kier molecular flexibility index (Phi) is 8.62. The summed E-state index contributed by atoms with van der Waals surface area (Å²) in [6, 6.07) is 12.1. The predicted octanol–water partition coefficient (Wildman–Crippen LogP) is 6.28. The second-order valence-corrected chi connectivity index (χ2v) is 11.7. The molecule has 0 aliphatic rings. The summed E-state index contributed by atoms with van der Waals surface area (Å²) in [5, 5.41) is 1.96. The second kappa shape index (κ2) is 12.9. The number of aryl methyl sites for hydroxylation is 4. The molecule has 10 rings (SSSR count). The molecule has 0 bridgehead atoms. The SMILES string of the molecule is Cn1[c-]nc(-c2cccc3c2[n-]c2c(-c4nccn4C)coc23)c1.Cn1[c-]nc(-c2cccc3c2[n-]c2c(-c4nccn4C)coc23)c1.[Pt+2].[Pt+2]. The predicted molar refractivity (Wildman–Crippen MR) is 181 cm³/mol. The van der Waals surface area contributed by atoms with Crippen molar-refractivity contribution in [2.45, 2.75) is 0 Å². The van der Waals surface area contributed by atoms with Gasteiger partial charge in [-0.2, -0.15) is 0 Å². The van der Waals surface area contributed by atoms with E-state index in [1.807, 2.05) is 98.5 Å². The van der Waals surface area contributed by atoms with Crippen LogP contribution in [0.25, 0.3) is 89.3 Å². The normalized spacial score (nSPS) is 11.3. The number of hydrogen-bond donors (Lipinski definition) is 0. The van der Waals surface area contributed by atoms with Gasteiger partial charge in [-0.25, -0.2) is 9.97 Å². The topological polar surface area (TPSA) is 126 Å². The molecule has 0 saturated heterocycles. The van der Waals surface area contributed by atoms with Gasteiger partial charge in [0.05, 0.1) is 0 Å². The van der Waals surface area contributed by atoms with E-state index in [0.29, 0.717) is 0 Å². The maximum absolute atomic E-state index is 5.83. The molecule has 0 spiro atoms. The molecule has 12 nitrogen and oxygen atoms in total. The number of rotatable bonds is 4. The van der Waals surface area contributed by atoms with Crippen LogP contribution in [-0.2, 0) is 70.3 Å². The Hall–Kier alpha value is -5.18. The summed E-state index contributed by atoms with van der Waals surface area (Å²) >= 11 is 0. The zero-order valence-corrected chi connectivity index (χ0v) is 31.5. The van der Waals surface area contributed by atoms with E-state index in [-0.39, 0.29) is 42.1 Å². The van der Waals surface area contributed by atoms with Gasteiger partial charge in [0.15, 0.2) is 0 Å². The second-order valence-electron chi connectivity index (χ2n) is 11.7. The van der Waals surface area contributed by atoms with Crippen LogP contribution in [0, 0.1) is 12.7 Å². The molecule has 8 aromatic heterocycles. The van der Waals surface area contributed by atoms with E-state index in [4.69, 9.17) is 18.8 Å². The molecule has 0 saturated carbocycles. The summed E-state index contributed by atoms with van der Waals surface area (Å²) in [6.07, 6.45) is 20.5. The fourth-order valence-electron chi connectivity index (χ4n) is 6.21. The third kappa shape index (κ3) is 5.30. The molecule has 50 heavy (non-hydrogen) atoms. The minimum Gasteiger partial charge on any atom is -0.654 e. The van der Waals surface area contributed by atoms with Gasteiger partial charge in [0.25, 0.3) is 0 Å². The van der Waals surface area contributed by atoms with E-state index in [2.05, 4.69) is 32.6 Å². The van der Waals surface area contributed by atoms with Crippen molar-refractivity contribution in [3.05, 3.63) is 98.8 Å². The first-order valence-electron chi connectivity index (χ1n) is 15.2. The average Bonchev–Trinajstić information content (AvgIpc) is 3.92. The first kappa shape index (κ1) is 33.3. The van der Waals surface area contributed by atoms with E-state index in [1.165, 1.54) is 0 Å². The van der Waals surface area contributed by atoms with E-state index in [0.717, 1.165) is 89.3 Å². The number of aromatic nitrogens is 10. The van der Waals surface area contributed by atoms with Crippen molar-refractivity contribution in [1.29, 1.82) is 0 Å². The van der Waals surface area contributed by atoms with Crippen LogP contribution in [0.15, 0.2) is 94.9 Å². The Labute approximate surface area is 313 Å². The molecule has 0 fully saturated rings. The van der Waals surface area contributed by atoms with Crippen molar-refractivity contribution in [3.8, 4) is 45.3 Å². The van der Waals surface area contributed by atoms with Crippen molar-refractivity contribution >= 4 is 44.0 Å². The monoisotopic (exact) mass is 1020 g/mol.